The van der Waals surface area contributed by atoms with E-state index < -0.39 is 16.8 Å². The van der Waals surface area contributed by atoms with E-state index in [0.29, 0.717) is 5.92 Å². The Morgan fingerprint density at radius 1 is 1.21 bits per heavy atom. The van der Waals surface area contributed by atoms with E-state index in [2.05, 4.69) is 29.5 Å². The maximum atomic E-state index is 12.6. The molecular formula is C25H28N4O5. The lowest BCUT2D eigenvalue weighted by Crippen LogP contribution is -2.41. The largest absolute Gasteiger partial charge is 0.504 e. The predicted molar refractivity (Wildman–Crippen MR) is 128 cm³/mol. The summed E-state index contributed by atoms with van der Waals surface area (Å²) in [4.78, 5) is 42.5. The number of rotatable bonds is 6. The van der Waals surface area contributed by atoms with E-state index in [9.17, 15) is 19.5 Å². The van der Waals surface area contributed by atoms with Crippen LogP contribution in [0.5, 0.6) is 5.75 Å². The van der Waals surface area contributed by atoms with Gasteiger partial charge in [-0.25, -0.2) is 4.98 Å². The number of pyridine rings is 1. The molecule has 2 aliphatic rings. The summed E-state index contributed by atoms with van der Waals surface area (Å²) < 4.78 is 6.01. The molecule has 0 saturated heterocycles. The van der Waals surface area contributed by atoms with Crippen molar-refractivity contribution in [2.24, 2.45) is 5.41 Å². The van der Waals surface area contributed by atoms with E-state index in [1.807, 2.05) is 6.26 Å². The molecule has 1 amide bonds. The highest BCUT2D eigenvalue weighted by Gasteiger charge is 2.43. The van der Waals surface area contributed by atoms with Gasteiger partial charge in [0.2, 0.25) is 0 Å². The quantitative estimate of drug-likeness (QED) is 0.474. The summed E-state index contributed by atoms with van der Waals surface area (Å²) in [6.07, 6.45) is 7.39. The van der Waals surface area contributed by atoms with Crippen LogP contribution in [0.4, 0.5) is 17.1 Å². The second-order valence-electron chi connectivity index (χ2n) is 10.2. The Morgan fingerprint density at radius 2 is 1.91 bits per heavy atom. The second kappa shape index (κ2) is 7.72. The lowest BCUT2D eigenvalue weighted by molar-refractivity contribution is 0.0819. The van der Waals surface area contributed by atoms with Gasteiger partial charge in [-0.05, 0) is 54.2 Å². The number of nitrogens with zero attached hydrogens (tertiary/aromatic N) is 2. The molecule has 9 heteroatoms. The number of aromatic hydroxyl groups is 1. The first-order valence-corrected chi connectivity index (χ1v) is 11.5. The molecule has 1 fully saturated rings. The van der Waals surface area contributed by atoms with Crippen LogP contribution < -0.4 is 21.5 Å². The van der Waals surface area contributed by atoms with Gasteiger partial charge in [0.05, 0.1) is 18.0 Å². The van der Waals surface area contributed by atoms with Gasteiger partial charge in [-0.3, -0.25) is 14.4 Å². The minimum absolute atomic E-state index is 0.0478. The summed E-state index contributed by atoms with van der Waals surface area (Å²) in [6.45, 7) is 4.22. The van der Waals surface area contributed by atoms with Gasteiger partial charge < -0.3 is 25.1 Å². The van der Waals surface area contributed by atoms with E-state index in [1.54, 1.807) is 14.1 Å². The van der Waals surface area contributed by atoms with Gasteiger partial charge in [0, 0.05) is 20.3 Å². The maximum absolute atomic E-state index is 12.6. The molecule has 0 spiro atoms. The van der Waals surface area contributed by atoms with Crippen molar-refractivity contribution < 1.29 is 14.3 Å². The van der Waals surface area contributed by atoms with Crippen molar-refractivity contribution in [3.8, 4) is 5.75 Å². The normalized spacial score (nSPS) is 19.0. The topological polar surface area (TPSA) is 125 Å². The molecular weight excluding hydrogens is 436 g/mol. The van der Waals surface area contributed by atoms with Gasteiger partial charge in [0.1, 0.15) is 17.1 Å². The summed E-state index contributed by atoms with van der Waals surface area (Å²) in [6, 6.07) is 1.16. The molecule has 3 aromatic rings. The van der Waals surface area contributed by atoms with Crippen LogP contribution in [0.3, 0.4) is 0 Å². The van der Waals surface area contributed by atoms with Gasteiger partial charge >= 0.3 is 0 Å². The van der Waals surface area contributed by atoms with Gasteiger partial charge in [-0.15, -0.1) is 0 Å². The second-order valence-corrected chi connectivity index (χ2v) is 10.2. The maximum Gasteiger partial charge on any atom is 0.275 e. The molecule has 0 radical (unpaired) electrons. The van der Waals surface area contributed by atoms with E-state index in [1.165, 1.54) is 41.1 Å². The number of hydrogen-bond acceptors (Lipinski definition) is 8. The molecule has 2 aliphatic carbocycles. The first-order valence-electron chi connectivity index (χ1n) is 11.5. The smallest absolute Gasteiger partial charge is 0.275 e. The zero-order chi connectivity index (χ0) is 24.4. The van der Waals surface area contributed by atoms with Crippen molar-refractivity contribution in [1.29, 1.82) is 0 Å². The Balaban J connectivity index is 1.47. The van der Waals surface area contributed by atoms with Crippen molar-refractivity contribution in [2.45, 2.75) is 51.5 Å². The number of carbonyl (C=O) groups is 1. The molecule has 9 nitrogen and oxygen atoms in total. The Bertz CT molecular complexity index is 1360. The number of furan rings is 1. The molecule has 1 aromatic carbocycles. The molecule has 1 atom stereocenters. The van der Waals surface area contributed by atoms with Gasteiger partial charge in [-0.2, -0.15) is 0 Å². The molecule has 34 heavy (non-hydrogen) atoms. The molecule has 178 valence electrons. The van der Waals surface area contributed by atoms with Gasteiger partial charge in [-0.1, -0.05) is 13.8 Å². The highest BCUT2D eigenvalue weighted by Crippen LogP contribution is 2.51. The molecule has 3 N–H and O–H groups in total. The third-order valence-corrected chi connectivity index (χ3v) is 7.03. The van der Waals surface area contributed by atoms with Crippen LogP contribution in [-0.4, -0.2) is 35.0 Å². The fourth-order valence-electron chi connectivity index (χ4n) is 4.72. The first-order chi connectivity index (χ1) is 16.1. The Labute approximate surface area is 196 Å². The van der Waals surface area contributed by atoms with Crippen molar-refractivity contribution in [3.63, 3.8) is 0 Å². The molecule has 1 saturated carbocycles. The van der Waals surface area contributed by atoms with Crippen molar-refractivity contribution in [1.82, 2.24) is 9.88 Å². The van der Waals surface area contributed by atoms with E-state index >= 15 is 0 Å². The standard InChI is InChI=1S/C25H28N4O5/c1-25(2)9-7-13-14(12-5-6-12)11-34-22(13)23(25)28-17-16(20(31)21(17)32)27-15-8-10-26-18(19(15)30)24(33)29(3)4/h8,10-12,23,28,30H,5-7,9H2,1-4H3,(H,26,27). The van der Waals surface area contributed by atoms with E-state index in [-0.39, 0.29) is 40.0 Å². The SMILES string of the molecule is CN(C)C(=O)c1nccc(Nc2c(NC3c4occ(C5CC5)c4CCC3(C)C)c(=O)c2=O)c1O. The average Bonchev–Trinajstić information content (AvgIpc) is 3.56. The summed E-state index contributed by atoms with van der Waals surface area (Å²) in [5.41, 5.74) is 1.11. The number of aromatic nitrogens is 1. The Kier molecular flexibility index (Phi) is 5.03. The molecule has 0 bridgehead atoms. The minimum atomic E-state index is -0.689. The summed E-state index contributed by atoms with van der Waals surface area (Å²) >= 11 is 0. The number of amides is 1. The molecule has 5 rings (SSSR count). The van der Waals surface area contributed by atoms with Crippen LogP contribution in [-0.2, 0) is 6.42 Å². The van der Waals surface area contributed by atoms with Gasteiger partial charge in [0.25, 0.3) is 16.8 Å². The van der Waals surface area contributed by atoms with Crippen molar-refractivity contribution >= 4 is 23.0 Å². The fourth-order valence-corrected chi connectivity index (χ4v) is 4.72. The third-order valence-electron chi connectivity index (χ3n) is 7.03. The number of anilines is 3. The number of hydrogen-bond donors (Lipinski definition) is 3. The average molecular weight is 465 g/mol. The highest BCUT2D eigenvalue weighted by molar-refractivity contribution is 5.97. The first kappa shape index (κ1) is 22.2. The van der Waals surface area contributed by atoms with Crippen LogP contribution in [0.25, 0.3) is 0 Å². The van der Waals surface area contributed by atoms with Crippen LogP contribution >= 0.6 is 0 Å². The highest BCUT2D eigenvalue weighted by atomic mass is 16.3. The third kappa shape index (κ3) is 3.46. The van der Waals surface area contributed by atoms with Crippen LogP contribution in [0.2, 0.25) is 0 Å². The Morgan fingerprint density at radius 3 is 2.59 bits per heavy atom. The minimum Gasteiger partial charge on any atom is -0.504 e. The van der Waals surface area contributed by atoms with Crippen LogP contribution in [0.1, 0.15) is 72.4 Å². The zero-order valence-corrected chi connectivity index (χ0v) is 19.7. The van der Waals surface area contributed by atoms with Gasteiger partial charge in [0.15, 0.2) is 11.4 Å². The van der Waals surface area contributed by atoms with Crippen LogP contribution in [0.15, 0.2) is 32.5 Å². The molecule has 0 aliphatic heterocycles. The predicted octanol–water partition coefficient (Wildman–Crippen LogP) is 3.42. The monoisotopic (exact) mass is 464 g/mol. The van der Waals surface area contributed by atoms with E-state index in [4.69, 9.17) is 4.42 Å². The fraction of sp³-hybridized carbons (Fsp3) is 0.440. The molecule has 2 aromatic heterocycles. The number of nitrogens with one attached hydrogen (secondary N) is 2. The number of carbonyl (C=O) groups excluding carboxylic acids is 1. The number of fused-ring (bicyclic) bond motifs is 1. The molecule has 1 unspecified atom stereocenters. The summed E-state index contributed by atoms with van der Waals surface area (Å²) in [5, 5.41) is 16.7. The lowest BCUT2D eigenvalue weighted by Gasteiger charge is -2.39. The summed E-state index contributed by atoms with van der Waals surface area (Å²) in [5.74, 6) is 0.514. The zero-order valence-electron chi connectivity index (χ0n) is 19.7. The summed E-state index contributed by atoms with van der Waals surface area (Å²) in [7, 11) is 3.09. The van der Waals surface area contributed by atoms with E-state index in [0.717, 1.165) is 18.6 Å². The molecule has 2 heterocycles. The van der Waals surface area contributed by atoms with Crippen LogP contribution in [0, 0.1) is 5.41 Å². The van der Waals surface area contributed by atoms with Crippen molar-refractivity contribution in [3.05, 3.63) is 61.6 Å². The Hall–Kier alpha value is -3.62. The van der Waals surface area contributed by atoms with Crippen molar-refractivity contribution in [2.75, 3.05) is 24.7 Å². The lowest BCUT2D eigenvalue weighted by atomic mass is 9.72.